The summed E-state index contributed by atoms with van der Waals surface area (Å²) in [5.74, 6) is 0. The first-order chi connectivity index (χ1) is 5.18. The van der Waals surface area contributed by atoms with Crippen LogP contribution >= 0.6 is 0 Å². The molecule has 5 heteroatoms. The molecule has 1 heterocycles. The molecule has 0 aliphatic heterocycles. The fraction of sp³-hybridized carbons (Fsp3) is 0.167. The molecule has 1 N–H and O–H groups in total. The molecule has 0 aromatic carbocycles. The fourth-order valence-corrected chi connectivity index (χ4v) is 0.662. The number of rotatable bonds is 2. The zero-order valence-electron chi connectivity index (χ0n) is 5.94. The molecular weight excluding hydrogens is 146 g/mol. The average Bonchev–Trinajstić information content (AvgIpc) is 2.31. The highest BCUT2D eigenvalue weighted by atomic mass is 16.6. The summed E-state index contributed by atoms with van der Waals surface area (Å²) in [6.45, 7) is 1.83. The Kier molecular flexibility index (Phi) is 2.00. The summed E-state index contributed by atoms with van der Waals surface area (Å²) >= 11 is 0. The second-order valence-electron chi connectivity index (χ2n) is 2.08. The van der Waals surface area contributed by atoms with E-state index in [1.807, 2.05) is 6.92 Å². The molecule has 0 aliphatic carbocycles. The van der Waals surface area contributed by atoms with Gasteiger partial charge in [-0.2, -0.15) is 5.10 Å². The number of aromatic nitrogens is 2. The van der Waals surface area contributed by atoms with Crippen molar-refractivity contribution in [2.24, 2.45) is 0 Å². The SMILES string of the molecule is Cc1cc(/C=C/[N+](=O)[O-])n[nH]1. The molecule has 11 heavy (non-hydrogen) atoms. The largest absolute Gasteiger partial charge is 0.282 e. The standard InChI is InChI=1S/C6H7N3O2/c1-5-4-6(8-7-5)2-3-9(10)11/h2-4H,1H3,(H,7,8)/b3-2+. The highest BCUT2D eigenvalue weighted by molar-refractivity contribution is 5.42. The van der Waals surface area contributed by atoms with Crippen LogP contribution in [0.3, 0.4) is 0 Å². The van der Waals surface area contributed by atoms with E-state index in [1.165, 1.54) is 6.08 Å². The Morgan fingerprint density at radius 3 is 3.00 bits per heavy atom. The van der Waals surface area contributed by atoms with Crippen molar-refractivity contribution in [3.8, 4) is 0 Å². The lowest BCUT2D eigenvalue weighted by Crippen LogP contribution is -1.82. The van der Waals surface area contributed by atoms with Crippen LogP contribution in [-0.4, -0.2) is 15.1 Å². The van der Waals surface area contributed by atoms with Crippen molar-refractivity contribution >= 4 is 6.08 Å². The van der Waals surface area contributed by atoms with Crippen LogP contribution in [0.2, 0.25) is 0 Å². The number of nitro groups is 1. The number of aromatic amines is 1. The highest BCUT2D eigenvalue weighted by Gasteiger charge is 1.93. The Balaban J connectivity index is 2.71. The Bertz CT molecular complexity index is 290. The van der Waals surface area contributed by atoms with E-state index in [1.54, 1.807) is 6.07 Å². The van der Waals surface area contributed by atoms with Gasteiger partial charge in [-0.05, 0) is 13.0 Å². The van der Waals surface area contributed by atoms with E-state index in [9.17, 15) is 10.1 Å². The molecule has 0 bridgehead atoms. The van der Waals surface area contributed by atoms with E-state index in [0.717, 1.165) is 11.9 Å². The molecule has 0 amide bonds. The summed E-state index contributed by atoms with van der Waals surface area (Å²) in [6.07, 6.45) is 2.19. The molecule has 1 rings (SSSR count). The van der Waals surface area contributed by atoms with Crippen LogP contribution in [0.15, 0.2) is 12.3 Å². The Morgan fingerprint density at radius 2 is 2.55 bits per heavy atom. The first kappa shape index (κ1) is 7.46. The van der Waals surface area contributed by atoms with Gasteiger partial charge in [-0.3, -0.25) is 15.2 Å². The lowest BCUT2D eigenvalue weighted by atomic mass is 10.4. The molecule has 0 atom stereocenters. The minimum atomic E-state index is -0.524. The molecule has 1 aromatic heterocycles. The summed E-state index contributed by atoms with van der Waals surface area (Å²) in [4.78, 5) is 9.34. The van der Waals surface area contributed by atoms with Crippen LogP contribution in [0, 0.1) is 17.0 Å². The van der Waals surface area contributed by atoms with Crippen molar-refractivity contribution in [3.05, 3.63) is 33.8 Å². The smallest absolute Gasteiger partial charge is 0.236 e. The monoisotopic (exact) mass is 153 g/mol. The number of aryl methyl sites for hydroxylation is 1. The van der Waals surface area contributed by atoms with E-state index in [2.05, 4.69) is 10.2 Å². The predicted molar refractivity (Wildman–Crippen MR) is 39.4 cm³/mol. The van der Waals surface area contributed by atoms with Crippen LogP contribution in [0.1, 0.15) is 11.4 Å². The van der Waals surface area contributed by atoms with E-state index in [0.29, 0.717) is 5.69 Å². The summed E-state index contributed by atoms with van der Waals surface area (Å²) in [5, 5.41) is 16.3. The zero-order chi connectivity index (χ0) is 8.27. The number of hydrogen-bond acceptors (Lipinski definition) is 3. The van der Waals surface area contributed by atoms with Gasteiger partial charge in [0.15, 0.2) is 0 Å². The van der Waals surface area contributed by atoms with Crippen molar-refractivity contribution in [1.82, 2.24) is 10.2 Å². The summed E-state index contributed by atoms with van der Waals surface area (Å²) in [7, 11) is 0. The summed E-state index contributed by atoms with van der Waals surface area (Å²) in [6, 6.07) is 1.72. The molecule has 0 spiro atoms. The molecule has 0 unspecified atom stereocenters. The van der Waals surface area contributed by atoms with Crippen molar-refractivity contribution in [2.45, 2.75) is 6.92 Å². The zero-order valence-corrected chi connectivity index (χ0v) is 5.94. The van der Waals surface area contributed by atoms with Crippen LogP contribution in [0.5, 0.6) is 0 Å². The third-order valence-corrected chi connectivity index (χ3v) is 1.09. The van der Waals surface area contributed by atoms with Crippen LogP contribution in [-0.2, 0) is 0 Å². The Hall–Kier alpha value is -1.65. The Morgan fingerprint density at radius 1 is 1.82 bits per heavy atom. The molecule has 0 radical (unpaired) electrons. The van der Waals surface area contributed by atoms with E-state index >= 15 is 0 Å². The maximum absolute atomic E-state index is 9.86. The van der Waals surface area contributed by atoms with Gasteiger partial charge >= 0.3 is 0 Å². The molecule has 0 aliphatic rings. The van der Waals surface area contributed by atoms with E-state index in [-0.39, 0.29) is 0 Å². The number of hydrogen-bond donors (Lipinski definition) is 1. The molecular formula is C6H7N3O2. The Labute approximate surface area is 62.9 Å². The van der Waals surface area contributed by atoms with Crippen LogP contribution in [0.25, 0.3) is 6.08 Å². The number of H-pyrrole nitrogens is 1. The molecule has 1 aromatic rings. The molecule has 0 saturated carbocycles. The fourth-order valence-electron chi connectivity index (χ4n) is 0.662. The molecule has 0 fully saturated rings. The van der Waals surface area contributed by atoms with Gasteiger partial charge in [0.05, 0.1) is 10.6 Å². The lowest BCUT2D eigenvalue weighted by Gasteiger charge is -1.76. The van der Waals surface area contributed by atoms with Crippen molar-refractivity contribution < 1.29 is 4.92 Å². The van der Waals surface area contributed by atoms with Crippen molar-refractivity contribution in [2.75, 3.05) is 0 Å². The quantitative estimate of drug-likeness (QED) is 0.508. The molecule has 5 nitrogen and oxygen atoms in total. The molecule has 0 saturated heterocycles. The number of nitrogens with one attached hydrogen (secondary N) is 1. The van der Waals surface area contributed by atoms with E-state index in [4.69, 9.17) is 0 Å². The minimum absolute atomic E-state index is 0.524. The summed E-state index contributed by atoms with van der Waals surface area (Å²) in [5.41, 5.74) is 1.45. The molecule has 58 valence electrons. The average molecular weight is 153 g/mol. The van der Waals surface area contributed by atoms with E-state index < -0.39 is 4.92 Å². The maximum atomic E-state index is 9.86. The third kappa shape index (κ3) is 2.21. The normalized spacial score (nSPS) is 10.6. The lowest BCUT2D eigenvalue weighted by molar-refractivity contribution is -0.401. The third-order valence-electron chi connectivity index (χ3n) is 1.09. The summed E-state index contributed by atoms with van der Waals surface area (Å²) < 4.78 is 0. The first-order valence-electron chi connectivity index (χ1n) is 3.02. The second kappa shape index (κ2) is 2.96. The van der Waals surface area contributed by atoms with Crippen molar-refractivity contribution in [3.63, 3.8) is 0 Å². The topological polar surface area (TPSA) is 71.8 Å². The minimum Gasteiger partial charge on any atom is -0.282 e. The van der Waals surface area contributed by atoms with Gasteiger partial charge in [-0.1, -0.05) is 0 Å². The van der Waals surface area contributed by atoms with Crippen LogP contribution in [0.4, 0.5) is 0 Å². The first-order valence-corrected chi connectivity index (χ1v) is 3.02. The van der Waals surface area contributed by atoms with Gasteiger partial charge in [0.1, 0.15) is 0 Å². The van der Waals surface area contributed by atoms with Crippen molar-refractivity contribution in [1.29, 1.82) is 0 Å². The van der Waals surface area contributed by atoms with Gasteiger partial charge in [0, 0.05) is 11.8 Å². The van der Waals surface area contributed by atoms with Gasteiger partial charge < -0.3 is 0 Å². The van der Waals surface area contributed by atoms with Gasteiger partial charge in [0.2, 0.25) is 6.20 Å². The highest BCUT2D eigenvalue weighted by Crippen LogP contribution is 1.99. The number of nitrogens with zero attached hydrogens (tertiary/aromatic N) is 2. The van der Waals surface area contributed by atoms with Gasteiger partial charge in [0.25, 0.3) is 0 Å². The predicted octanol–water partition coefficient (Wildman–Crippen LogP) is 0.966. The maximum Gasteiger partial charge on any atom is 0.236 e. The second-order valence-corrected chi connectivity index (χ2v) is 2.08. The van der Waals surface area contributed by atoms with Gasteiger partial charge in [-0.25, -0.2) is 0 Å². The van der Waals surface area contributed by atoms with Crippen LogP contribution < -0.4 is 0 Å². The van der Waals surface area contributed by atoms with Gasteiger partial charge in [-0.15, -0.1) is 0 Å².